The highest BCUT2D eigenvalue weighted by Gasteiger charge is 2.28. The molecule has 4 nitrogen and oxygen atoms in total. The molecule has 1 unspecified atom stereocenters. The largest absolute Gasteiger partial charge is 0.341 e. The van der Waals surface area contributed by atoms with Crippen LogP contribution in [0.25, 0.3) is 0 Å². The molecule has 2 rings (SSSR count). The van der Waals surface area contributed by atoms with E-state index in [0.717, 1.165) is 51.4 Å². The van der Waals surface area contributed by atoms with Crippen molar-refractivity contribution < 1.29 is 4.79 Å². The minimum Gasteiger partial charge on any atom is -0.341 e. The molecule has 0 radical (unpaired) electrons. The van der Waals surface area contributed by atoms with E-state index in [-0.39, 0.29) is 24.4 Å². The van der Waals surface area contributed by atoms with Gasteiger partial charge in [-0.15, -0.1) is 12.4 Å². The van der Waals surface area contributed by atoms with Crippen molar-refractivity contribution in [3.05, 3.63) is 0 Å². The minimum absolute atomic E-state index is 0. The Morgan fingerprint density at radius 2 is 1.62 bits per heavy atom. The molecular weight excluding hydrogens is 322 g/mol. The van der Waals surface area contributed by atoms with Gasteiger partial charge in [-0.25, -0.2) is 0 Å². The number of carbonyl (C=O) groups excluding carboxylic acids is 1. The third-order valence-corrected chi connectivity index (χ3v) is 5.97. The van der Waals surface area contributed by atoms with Gasteiger partial charge in [0.25, 0.3) is 0 Å². The number of halogens is 1. The van der Waals surface area contributed by atoms with Crippen LogP contribution in [0.2, 0.25) is 0 Å². The van der Waals surface area contributed by atoms with Gasteiger partial charge in [0, 0.05) is 19.6 Å². The number of nitrogens with zero attached hydrogens (tertiary/aromatic N) is 2. The van der Waals surface area contributed by atoms with Gasteiger partial charge in [-0.05, 0) is 44.2 Å². The highest BCUT2D eigenvalue weighted by atomic mass is 35.5. The number of nitrogens with two attached hydrogens (primary N) is 1. The second-order valence-electron chi connectivity index (χ2n) is 7.60. The molecule has 1 amide bonds. The van der Waals surface area contributed by atoms with Gasteiger partial charge in [0.15, 0.2) is 0 Å². The predicted molar refractivity (Wildman–Crippen MR) is 104 cm³/mol. The molecule has 1 aliphatic carbocycles. The lowest BCUT2D eigenvalue weighted by Crippen LogP contribution is -2.48. The molecule has 1 heterocycles. The number of carbonyl (C=O) groups is 1. The minimum atomic E-state index is -0.266. The molecule has 0 spiro atoms. The molecule has 2 fully saturated rings. The van der Waals surface area contributed by atoms with Crippen molar-refractivity contribution in [1.82, 2.24) is 9.80 Å². The quantitative estimate of drug-likeness (QED) is 0.758. The van der Waals surface area contributed by atoms with E-state index in [1.165, 1.54) is 38.6 Å². The van der Waals surface area contributed by atoms with Crippen LogP contribution < -0.4 is 5.73 Å². The molecule has 1 saturated carbocycles. The van der Waals surface area contributed by atoms with E-state index < -0.39 is 0 Å². The summed E-state index contributed by atoms with van der Waals surface area (Å²) >= 11 is 0. The SMILES string of the molecule is CCN(CC)CC1CCN(C(=O)C(N)CC2CCCCC2)CC1.Cl. The highest BCUT2D eigenvalue weighted by molar-refractivity contribution is 5.85. The summed E-state index contributed by atoms with van der Waals surface area (Å²) in [6.45, 7) is 9.71. The number of amides is 1. The Bertz CT molecular complexity index is 349. The molecule has 1 saturated heterocycles. The molecule has 0 aromatic carbocycles. The number of likely N-dealkylation sites (tertiary alicyclic amines) is 1. The second-order valence-corrected chi connectivity index (χ2v) is 7.60. The van der Waals surface area contributed by atoms with E-state index in [0.29, 0.717) is 5.92 Å². The van der Waals surface area contributed by atoms with Crippen LogP contribution in [0, 0.1) is 11.8 Å². The van der Waals surface area contributed by atoms with E-state index in [1.54, 1.807) is 0 Å². The van der Waals surface area contributed by atoms with E-state index in [1.807, 2.05) is 4.90 Å². The van der Waals surface area contributed by atoms with Crippen LogP contribution in [0.1, 0.15) is 65.2 Å². The van der Waals surface area contributed by atoms with E-state index >= 15 is 0 Å². The Hall–Kier alpha value is -0.320. The Kier molecular flexibility index (Phi) is 10.3. The topological polar surface area (TPSA) is 49.6 Å². The molecule has 0 aromatic heterocycles. The van der Waals surface area contributed by atoms with Gasteiger partial charge in [0.2, 0.25) is 5.91 Å². The first-order valence-electron chi connectivity index (χ1n) is 9.90. The lowest BCUT2D eigenvalue weighted by molar-refractivity contribution is -0.134. The second kappa shape index (κ2) is 11.3. The molecule has 5 heteroatoms. The lowest BCUT2D eigenvalue weighted by Gasteiger charge is -2.36. The number of rotatable bonds is 7. The van der Waals surface area contributed by atoms with E-state index in [2.05, 4.69) is 18.7 Å². The third kappa shape index (κ3) is 6.53. The normalized spacial score (nSPS) is 21.6. The standard InChI is InChI=1S/C19H37N3O.ClH/c1-3-21(4-2)15-17-10-12-22(13-11-17)19(23)18(20)14-16-8-6-5-7-9-16;/h16-18H,3-15,20H2,1-2H3;1H. The third-order valence-electron chi connectivity index (χ3n) is 5.97. The van der Waals surface area contributed by atoms with Crippen molar-refractivity contribution in [2.24, 2.45) is 17.6 Å². The monoisotopic (exact) mass is 359 g/mol. The van der Waals surface area contributed by atoms with Crippen LogP contribution in [0.4, 0.5) is 0 Å². The summed E-state index contributed by atoms with van der Waals surface area (Å²) in [5, 5.41) is 0. The number of hydrogen-bond donors (Lipinski definition) is 1. The fourth-order valence-electron chi connectivity index (χ4n) is 4.30. The van der Waals surface area contributed by atoms with Crippen molar-refractivity contribution in [3.8, 4) is 0 Å². The molecule has 142 valence electrons. The van der Waals surface area contributed by atoms with Crippen LogP contribution in [0.15, 0.2) is 0 Å². The zero-order valence-corrected chi connectivity index (χ0v) is 16.5. The highest BCUT2D eigenvalue weighted by Crippen LogP contribution is 2.27. The number of hydrogen-bond acceptors (Lipinski definition) is 3. The van der Waals surface area contributed by atoms with Gasteiger partial charge in [0.1, 0.15) is 0 Å². The van der Waals surface area contributed by atoms with Crippen molar-refractivity contribution in [1.29, 1.82) is 0 Å². The first-order valence-corrected chi connectivity index (χ1v) is 9.90. The zero-order valence-electron chi connectivity index (χ0n) is 15.7. The first-order chi connectivity index (χ1) is 11.1. The molecule has 24 heavy (non-hydrogen) atoms. The predicted octanol–water partition coefficient (Wildman–Crippen LogP) is 3.29. The average molecular weight is 360 g/mol. The fourth-order valence-corrected chi connectivity index (χ4v) is 4.30. The Morgan fingerprint density at radius 1 is 1.04 bits per heavy atom. The van der Waals surface area contributed by atoms with Crippen LogP contribution in [-0.2, 0) is 4.79 Å². The Labute approximate surface area is 154 Å². The van der Waals surface area contributed by atoms with Crippen LogP contribution in [0.3, 0.4) is 0 Å². The van der Waals surface area contributed by atoms with Gasteiger partial charge in [-0.2, -0.15) is 0 Å². The number of piperidine rings is 1. The summed E-state index contributed by atoms with van der Waals surface area (Å²) in [5.74, 6) is 1.63. The maximum Gasteiger partial charge on any atom is 0.239 e. The summed E-state index contributed by atoms with van der Waals surface area (Å²) in [4.78, 5) is 17.1. The van der Waals surface area contributed by atoms with Crippen molar-refractivity contribution in [3.63, 3.8) is 0 Å². The molecule has 1 aliphatic heterocycles. The van der Waals surface area contributed by atoms with E-state index in [9.17, 15) is 4.79 Å². The summed E-state index contributed by atoms with van der Waals surface area (Å²) in [7, 11) is 0. The Morgan fingerprint density at radius 3 is 2.17 bits per heavy atom. The van der Waals surface area contributed by atoms with Crippen molar-refractivity contribution >= 4 is 18.3 Å². The lowest BCUT2D eigenvalue weighted by atomic mass is 9.84. The fraction of sp³-hybridized carbons (Fsp3) is 0.947. The molecule has 1 atom stereocenters. The summed E-state index contributed by atoms with van der Waals surface area (Å²) in [6.07, 6.45) is 9.72. The molecule has 0 aromatic rings. The first kappa shape index (κ1) is 21.7. The van der Waals surface area contributed by atoms with E-state index in [4.69, 9.17) is 5.73 Å². The summed E-state index contributed by atoms with van der Waals surface area (Å²) < 4.78 is 0. The maximum absolute atomic E-state index is 12.6. The van der Waals surface area contributed by atoms with Crippen LogP contribution in [0.5, 0.6) is 0 Å². The summed E-state index contributed by atoms with van der Waals surface area (Å²) in [6, 6.07) is -0.266. The van der Waals surface area contributed by atoms with Gasteiger partial charge in [0.05, 0.1) is 6.04 Å². The molecule has 2 N–H and O–H groups in total. The molecule has 0 bridgehead atoms. The molecule has 2 aliphatic rings. The smallest absolute Gasteiger partial charge is 0.239 e. The maximum atomic E-state index is 12.6. The summed E-state index contributed by atoms with van der Waals surface area (Å²) in [5.41, 5.74) is 6.24. The van der Waals surface area contributed by atoms with Gasteiger partial charge >= 0.3 is 0 Å². The van der Waals surface area contributed by atoms with Gasteiger partial charge < -0.3 is 15.5 Å². The van der Waals surface area contributed by atoms with Crippen molar-refractivity contribution in [2.45, 2.75) is 71.3 Å². The average Bonchev–Trinajstić information content (AvgIpc) is 2.60. The Balaban J connectivity index is 0.00000288. The van der Waals surface area contributed by atoms with Crippen LogP contribution >= 0.6 is 12.4 Å². The van der Waals surface area contributed by atoms with Gasteiger partial charge in [-0.1, -0.05) is 46.0 Å². The van der Waals surface area contributed by atoms with Crippen molar-refractivity contribution in [2.75, 3.05) is 32.7 Å². The van der Waals surface area contributed by atoms with Crippen LogP contribution in [-0.4, -0.2) is 54.5 Å². The molecular formula is C19H38ClN3O. The van der Waals surface area contributed by atoms with Gasteiger partial charge in [-0.3, -0.25) is 4.79 Å². The zero-order chi connectivity index (χ0) is 16.7.